The smallest absolute Gasteiger partial charge is 0.199 e. The first-order chi connectivity index (χ1) is 17.6. The van der Waals surface area contributed by atoms with Crippen LogP contribution in [0.2, 0.25) is 0 Å². The van der Waals surface area contributed by atoms with Crippen molar-refractivity contribution >= 4 is 29.1 Å². The third-order valence-electron chi connectivity index (χ3n) is 7.31. The highest BCUT2D eigenvalue weighted by atomic mass is 32.2. The number of ketones is 1. The Morgan fingerprint density at radius 2 is 2.11 bits per heavy atom. The van der Waals surface area contributed by atoms with Crippen LogP contribution in [0.4, 0.5) is 4.39 Å². The second kappa shape index (κ2) is 9.57. The first-order valence-electron chi connectivity index (χ1n) is 12.3. The van der Waals surface area contributed by atoms with Crippen LogP contribution in [0.1, 0.15) is 40.8 Å². The van der Waals surface area contributed by atoms with Crippen molar-refractivity contribution in [3.05, 3.63) is 76.5 Å². The summed E-state index contributed by atoms with van der Waals surface area (Å²) < 4.78 is 19.7. The van der Waals surface area contributed by atoms with E-state index in [1.807, 2.05) is 27.1 Å². The maximum absolute atomic E-state index is 14.1. The van der Waals surface area contributed by atoms with Gasteiger partial charge in [0.05, 0.1) is 28.4 Å². The molecular formula is C26H27FN6OS2. The molecule has 0 spiro atoms. The molecule has 2 atom stereocenters. The maximum Gasteiger partial charge on any atom is 0.199 e. The Morgan fingerprint density at radius 3 is 2.89 bits per heavy atom. The molecule has 186 valence electrons. The van der Waals surface area contributed by atoms with Gasteiger partial charge in [-0.1, -0.05) is 6.92 Å². The summed E-state index contributed by atoms with van der Waals surface area (Å²) in [4.78, 5) is 19.6. The number of hydrogen-bond acceptors (Lipinski definition) is 7. The number of hydrogen-bond donors (Lipinski definition) is 0. The molecule has 3 aromatic heterocycles. The fraction of sp³-hybridized carbons (Fsp3) is 0.385. The van der Waals surface area contributed by atoms with E-state index in [-0.39, 0.29) is 17.5 Å². The molecule has 0 bridgehead atoms. The van der Waals surface area contributed by atoms with Gasteiger partial charge in [0, 0.05) is 43.1 Å². The normalized spacial score (nSPS) is 21.8. The third-order valence-corrected chi connectivity index (χ3v) is 9.08. The summed E-state index contributed by atoms with van der Waals surface area (Å²) in [6, 6.07) is 6.42. The highest BCUT2D eigenvalue weighted by Crippen LogP contribution is 2.49. The van der Waals surface area contributed by atoms with Gasteiger partial charge < -0.3 is 0 Å². The number of rotatable bonds is 7. The Bertz CT molecular complexity index is 1370. The van der Waals surface area contributed by atoms with Gasteiger partial charge in [-0.15, -0.1) is 11.3 Å². The first kappa shape index (κ1) is 23.6. The van der Waals surface area contributed by atoms with Crippen molar-refractivity contribution in [3.63, 3.8) is 0 Å². The predicted molar refractivity (Wildman–Crippen MR) is 138 cm³/mol. The summed E-state index contributed by atoms with van der Waals surface area (Å²) in [5, 5.41) is 11.6. The molecule has 36 heavy (non-hydrogen) atoms. The van der Waals surface area contributed by atoms with Gasteiger partial charge in [-0.05, 0) is 73.4 Å². The van der Waals surface area contributed by atoms with Crippen molar-refractivity contribution in [2.45, 2.75) is 44.0 Å². The lowest BCUT2D eigenvalue weighted by Crippen LogP contribution is -2.55. The molecule has 0 radical (unpaired) electrons. The van der Waals surface area contributed by atoms with E-state index in [1.165, 1.54) is 23.5 Å². The minimum absolute atomic E-state index is 0.134. The molecule has 7 nitrogen and oxygen atoms in total. The van der Waals surface area contributed by atoms with Crippen LogP contribution in [-0.2, 0) is 19.4 Å². The van der Waals surface area contributed by atoms with Crippen molar-refractivity contribution in [1.29, 1.82) is 0 Å². The molecule has 1 aliphatic heterocycles. The monoisotopic (exact) mass is 522 g/mol. The summed E-state index contributed by atoms with van der Waals surface area (Å²) in [6.07, 6.45) is 10.9. The van der Waals surface area contributed by atoms with E-state index >= 15 is 0 Å². The molecule has 2 aliphatic rings. The van der Waals surface area contributed by atoms with Crippen molar-refractivity contribution < 1.29 is 9.18 Å². The number of thiazole rings is 1. The predicted octanol–water partition coefficient (Wildman–Crippen LogP) is 5.07. The molecule has 1 fully saturated rings. The van der Waals surface area contributed by atoms with Crippen LogP contribution in [0.25, 0.3) is 5.69 Å². The van der Waals surface area contributed by atoms with Crippen molar-refractivity contribution in [2.24, 2.45) is 11.3 Å². The molecule has 1 aliphatic carbocycles. The van der Waals surface area contributed by atoms with Crippen molar-refractivity contribution in [3.8, 4) is 5.69 Å². The van der Waals surface area contributed by atoms with Crippen LogP contribution >= 0.6 is 23.3 Å². The van der Waals surface area contributed by atoms with Crippen LogP contribution in [0.15, 0.2) is 59.3 Å². The zero-order chi connectivity index (χ0) is 24.7. The number of piperidine rings is 1. The van der Waals surface area contributed by atoms with Crippen LogP contribution in [0, 0.1) is 17.2 Å². The van der Waals surface area contributed by atoms with Crippen LogP contribution in [-0.4, -0.2) is 47.7 Å². The summed E-state index contributed by atoms with van der Waals surface area (Å²) in [7, 11) is 0. The topological polar surface area (TPSA) is 68.8 Å². The number of nitrogens with zero attached hydrogens (tertiary/aromatic N) is 6. The lowest BCUT2D eigenvalue weighted by Gasteiger charge is -2.48. The van der Waals surface area contributed by atoms with E-state index in [1.54, 1.807) is 30.3 Å². The molecule has 1 unspecified atom stereocenters. The molecule has 4 heterocycles. The summed E-state index contributed by atoms with van der Waals surface area (Å²) >= 11 is 3.11. The van der Waals surface area contributed by atoms with E-state index in [0.717, 1.165) is 54.2 Å². The van der Waals surface area contributed by atoms with Gasteiger partial charge in [-0.3, -0.25) is 9.48 Å². The Balaban J connectivity index is 1.33. The second-order valence-corrected chi connectivity index (χ2v) is 11.7. The lowest BCUT2D eigenvalue weighted by atomic mass is 9.61. The van der Waals surface area contributed by atoms with Crippen molar-refractivity contribution in [2.75, 3.05) is 13.1 Å². The van der Waals surface area contributed by atoms with Crippen LogP contribution < -0.4 is 0 Å². The SMILES string of the molecule is CCCn1cc(SN2CCC3Cc4c(cnn4-c4ccc(F)cc4)C[C@]3(C(=O)c3nccs3)C2)cn1. The fourth-order valence-corrected chi connectivity index (χ4v) is 7.34. The van der Waals surface area contributed by atoms with E-state index in [2.05, 4.69) is 32.6 Å². The van der Waals surface area contributed by atoms with Gasteiger partial charge in [-0.25, -0.2) is 18.4 Å². The van der Waals surface area contributed by atoms with E-state index < -0.39 is 5.41 Å². The minimum Gasteiger partial charge on any atom is -0.291 e. The molecule has 1 saturated heterocycles. The third kappa shape index (κ3) is 4.21. The quantitative estimate of drug-likeness (QED) is 0.249. The number of benzene rings is 1. The highest BCUT2D eigenvalue weighted by molar-refractivity contribution is 7.97. The highest BCUT2D eigenvalue weighted by Gasteiger charge is 2.53. The van der Waals surface area contributed by atoms with Crippen LogP contribution in [0.5, 0.6) is 0 Å². The first-order valence-corrected chi connectivity index (χ1v) is 13.9. The number of Topliss-reactive ketones (excluding diaryl/α,β-unsaturated/α-hetero) is 1. The van der Waals surface area contributed by atoms with Gasteiger partial charge in [0.2, 0.25) is 0 Å². The van der Waals surface area contributed by atoms with E-state index in [4.69, 9.17) is 0 Å². The van der Waals surface area contributed by atoms with Gasteiger partial charge >= 0.3 is 0 Å². The Kier molecular flexibility index (Phi) is 6.27. The molecular weight excluding hydrogens is 495 g/mol. The van der Waals surface area contributed by atoms with Crippen molar-refractivity contribution in [1.82, 2.24) is 28.9 Å². The van der Waals surface area contributed by atoms with E-state index in [9.17, 15) is 9.18 Å². The summed E-state index contributed by atoms with van der Waals surface area (Å²) in [6.45, 7) is 4.58. The number of carbonyl (C=O) groups excluding carboxylic acids is 1. The number of halogens is 1. The standard InChI is InChI=1S/C26H27FN6OS2/c1-2-9-31-16-22(15-29-31)36-32-10-7-19-12-23-18(14-30-33(23)21-5-3-20(27)4-6-21)13-26(19,17-32)24(34)25-28-8-11-35-25/h3-6,8,11,14-16,19H,2,7,9-10,12-13,17H2,1H3/t19?,26-/m0/s1. The summed E-state index contributed by atoms with van der Waals surface area (Å²) in [5.41, 5.74) is 2.49. The molecule has 4 aromatic rings. The number of aryl methyl sites for hydroxylation is 1. The fourth-order valence-electron chi connectivity index (χ4n) is 5.60. The van der Waals surface area contributed by atoms with E-state index in [0.29, 0.717) is 18.0 Å². The average molecular weight is 523 g/mol. The minimum atomic E-state index is -0.563. The molecule has 6 rings (SSSR count). The van der Waals surface area contributed by atoms with Gasteiger partial charge in [0.15, 0.2) is 10.8 Å². The Morgan fingerprint density at radius 1 is 1.25 bits per heavy atom. The molecule has 0 saturated carbocycles. The zero-order valence-corrected chi connectivity index (χ0v) is 21.6. The van der Waals surface area contributed by atoms with Gasteiger partial charge in [-0.2, -0.15) is 10.2 Å². The number of carbonyl (C=O) groups is 1. The second-order valence-electron chi connectivity index (χ2n) is 9.59. The molecule has 1 aromatic carbocycles. The van der Waals surface area contributed by atoms with Crippen LogP contribution in [0.3, 0.4) is 0 Å². The number of fused-ring (bicyclic) bond motifs is 2. The molecule has 0 N–H and O–H groups in total. The lowest BCUT2D eigenvalue weighted by molar-refractivity contribution is 0.0417. The largest absolute Gasteiger partial charge is 0.291 e. The Hall–Kier alpha value is -2.82. The number of aromatic nitrogens is 5. The average Bonchev–Trinajstić information content (AvgIpc) is 3.65. The molecule has 0 amide bonds. The maximum atomic E-state index is 14.1. The Labute approximate surface area is 217 Å². The zero-order valence-electron chi connectivity index (χ0n) is 20.0. The summed E-state index contributed by atoms with van der Waals surface area (Å²) in [5.74, 6) is 0.0459. The molecule has 10 heteroatoms. The van der Waals surface area contributed by atoms with Gasteiger partial charge in [0.25, 0.3) is 0 Å². The van der Waals surface area contributed by atoms with Gasteiger partial charge in [0.1, 0.15) is 5.82 Å².